The number of aliphatic hydroxyl groups excluding tert-OH is 1. The molecule has 1 fully saturated rings. The molecule has 0 aromatic carbocycles. The van der Waals surface area contributed by atoms with E-state index >= 15 is 0 Å². The summed E-state index contributed by atoms with van der Waals surface area (Å²) in [5, 5.41) is 15.8. The highest BCUT2D eigenvalue weighted by Gasteiger charge is 2.33. The van der Waals surface area contributed by atoms with Gasteiger partial charge in [-0.15, -0.1) is 11.3 Å². The molecule has 1 aliphatic rings. The molecule has 1 aromatic rings. The number of rotatable bonds is 6. The lowest BCUT2D eigenvalue weighted by Crippen LogP contribution is -2.48. The van der Waals surface area contributed by atoms with Crippen molar-refractivity contribution in [3.8, 4) is 0 Å². The Morgan fingerprint density at radius 2 is 2.17 bits per heavy atom. The van der Waals surface area contributed by atoms with Gasteiger partial charge in [0.05, 0.1) is 10.7 Å². The smallest absolute Gasteiger partial charge is 0.317 e. The summed E-state index contributed by atoms with van der Waals surface area (Å²) in [5.41, 5.74) is 1.08. The average Bonchev–Trinajstić information content (AvgIpc) is 3.04. The van der Waals surface area contributed by atoms with Crippen molar-refractivity contribution in [2.24, 2.45) is 5.41 Å². The van der Waals surface area contributed by atoms with Gasteiger partial charge in [0.2, 0.25) is 0 Å². The zero-order valence-corrected chi connectivity index (χ0v) is 15.3. The fourth-order valence-electron chi connectivity index (χ4n) is 2.92. The Bertz CT molecular complexity index is 502. The lowest BCUT2D eigenvalue weighted by Gasteiger charge is -2.40. The van der Waals surface area contributed by atoms with E-state index in [0.717, 1.165) is 49.5 Å². The monoisotopic (exact) mass is 339 g/mol. The number of piperidine rings is 1. The summed E-state index contributed by atoms with van der Waals surface area (Å²) in [5.74, 6) is 0.460. The van der Waals surface area contributed by atoms with Crippen LogP contribution in [0, 0.1) is 5.41 Å². The predicted octanol–water partition coefficient (Wildman–Crippen LogP) is 3.00. The van der Waals surface area contributed by atoms with Crippen molar-refractivity contribution in [3.05, 3.63) is 16.1 Å². The van der Waals surface area contributed by atoms with Crippen LogP contribution in [0.2, 0.25) is 0 Å². The predicted molar refractivity (Wildman–Crippen MR) is 93.9 cm³/mol. The van der Waals surface area contributed by atoms with Gasteiger partial charge in [0, 0.05) is 44.0 Å². The molecule has 0 unspecified atom stereocenters. The van der Waals surface area contributed by atoms with Gasteiger partial charge in [0.15, 0.2) is 0 Å². The first kappa shape index (κ1) is 18.2. The molecular formula is C17H29N3O2S. The minimum Gasteiger partial charge on any atom is -0.396 e. The molecule has 6 heteroatoms. The van der Waals surface area contributed by atoms with Crippen molar-refractivity contribution in [2.75, 3.05) is 26.2 Å². The van der Waals surface area contributed by atoms with Crippen LogP contribution in [0.4, 0.5) is 4.79 Å². The van der Waals surface area contributed by atoms with Gasteiger partial charge in [-0.05, 0) is 24.7 Å². The third-order valence-corrected chi connectivity index (χ3v) is 6.11. The van der Waals surface area contributed by atoms with E-state index in [1.807, 2.05) is 4.90 Å². The average molecular weight is 340 g/mol. The number of carbonyl (C=O) groups excluding carboxylic acids is 1. The first-order valence-electron chi connectivity index (χ1n) is 8.57. The molecule has 2 N–H and O–H groups in total. The van der Waals surface area contributed by atoms with Crippen molar-refractivity contribution in [1.29, 1.82) is 0 Å². The number of aromatic nitrogens is 1. The lowest BCUT2D eigenvalue weighted by atomic mass is 9.77. The molecule has 23 heavy (non-hydrogen) atoms. The van der Waals surface area contributed by atoms with Crippen molar-refractivity contribution >= 4 is 17.4 Å². The summed E-state index contributed by atoms with van der Waals surface area (Å²) in [7, 11) is 0. The highest BCUT2D eigenvalue weighted by molar-refractivity contribution is 7.09. The summed E-state index contributed by atoms with van der Waals surface area (Å²) >= 11 is 1.69. The number of likely N-dealkylation sites (tertiary alicyclic amines) is 1. The Morgan fingerprint density at radius 1 is 1.48 bits per heavy atom. The van der Waals surface area contributed by atoms with Gasteiger partial charge >= 0.3 is 6.03 Å². The molecular weight excluding hydrogens is 310 g/mol. The topological polar surface area (TPSA) is 65.5 Å². The highest BCUT2D eigenvalue weighted by Crippen LogP contribution is 2.34. The van der Waals surface area contributed by atoms with Gasteiger partial charge in [0.25, 0.3) is 0 Å². The summed E-state index contributed by atoms with van der Waals surface area (Å²) in [6.07, 6.45) is 3.52. The lowest BCUT2D eigenvalue weighted by molar-refractivity contribution is 0.0520. The van der Waals surface area contributed by atoms with Crippen LogP contribution in [0.15, 0.2) is 5.38 Å². The minimum absolute atomic E-state index is 0.00644. The second-order valence-corrected chi connectivity index (χ2v) is 7.70. The number of carbonyl (C=O) groups is 1. The van der Waals surface area contributed by atoms with Gasteiger partial charge in [-0.2, -0.15) is 0 Å². The summed E-state index contributed by atoms with van der Waals surface area (Å²) in [6.45, 7) is 8.71. The van der Waals surface area contributed by atoms with E-state index in [1.165, 1.54) is 0 Å². The third-order valence-electron chi connectivity index (χ3n) is 4.92. The Morgan fingerprint density at radius 3 is 2.70 bits per heavy atom. The summed E-state index contributed by atoms with van der Waals surface area (Å²) in [6, 6.07) is 0.00644. The molecule has 0 bridgehead atoms. The molecule has 1 saturated heterocycles. The zero-order valence-electron chi connectivity index (χ0n) is 14.5. The molecule has 5 nitrogen and oxygen atoms in total. The van der Waals surface area contributed by atoms with Crippen LogP contribution in [0.3, 0.4) is 0 Å². The highest BCUT2D eigenvalue weighted by atomic mass is 32.1. The minimum atomic E-state index is 0.00644. The van der Waals surface area contributed by atoms with Crippen LogP contribution in [0.5, 0.6) is 0 Å². The number of aliphatic hydroxyl groups is 1. The van der Waals surface area contributed by atoms with Crippen molar-refractivity contribution in [3.63, 3.8) is 0 Å². The number of hydrogen-bond donors (Lipinski definition) is 2. The fraction of sp³-hybridized carbons (Fsp3) is 0.765. The van der Waals surface area contributed by atoms with Crippen LogP contribution in [-0.2, 0) is 6.42 Å². The van der Waals surface area contributed by atoms with Gasteiger partial charge in [-0.25, -0.2) is 9.78 Å². The van der Waals surface area contributed by atoms with E-state index in [-0.39, 0.29) is 18.1 Å². The van der Waals surface area contributed by atoms with Crippen molar-refractivity contribution < 1.29 is 9.90 Å². The quantitative estimate of drug-likeness (QED) is 0.837. The van der Waals surface area contributed by atoms with Crippen LogP contribution >= 0.6 is 11.3 Å². The number of nitrogens with zero attached hydrogens (tertiary/aromatic N) is 2. The molecule has 130 valence electrons. The zero-order chi connectivity index (χ0) is 16.9. The van der Waals surface area contributed by atoms with Crippen LogP contribution in [0.25, 0.3) is 0 Å². The molecule has 0 spiro atoms. The Hall–Kier alpha value is -1.14. The molecule has 0 saturated carbocycles. The second kappa shape index (κ2) is 8.11. The van der Waals surface area contributed by atoms with E-state index in [4.69, 9.17) is 0 Å². The van der Waals surface area contributed by atoms with E-state index in [2.05, 4.69) is 36.5 Å². The van der Waals surface area contributed by atoms with Crippen LogP contribution < -0.4 is 5.32 Å². The molecule has 2 rings (SSSR count). The second-order valence-electron chi connectivity index (χ2n) is 6.81. The largest absolute Gasteiger partial charge is 0.396 e. The Kier molecular flexibility index (Phi) is 6.41. The van der Waals surface area contributed by atoms with E-state index in [9.17, 15) is 9.90 Å². The Balaban J connectivity index is 1.73. The number of nitrogens with one attached hydrogen (secondary N) is 1. The maximum absolute atomic E-state index is 12.2. The summed E-state index contributed by atoms with van der Waals surface area (Å²) in [4.78, 5) is 18.7. The Labute approximate surface area is 143 Å². The SMILES string of the molecule is CCC1(CO)CCN(C(=O)NCCc2csc(C(C)C)n2)CC1. The van der Waals surface area contributed by atoms with E-state index in [0.29, 0.717) is 12.5 Å². The molecule has 1 aliphatic heterocycles. The standard InChI is InChI=1S/C17H29N3O2S/c1-4-17(12-21)6-9-20(10-7-17)16(22)18-8-5-14-11-23-15(19-14)13(2)3/h11,13,21H,4-10,12H2,1-3H3,(H,18,22). The first-order valence-corrected chi connectivity index (χ1v) is 9.45. The number of amides is 2. The number of hydrogen-bond acceptors (Lipinski definition) is 4. The van der Waals surface area contributed by atoms with Gasteiger partial charge < -0.3 is 15.3 Å². The number of urea groups is 1. The maximum Gasteiger partial charge on any atom is 0.317 e. The third kappa shape index (κ3) is 4.67. The molecule has 2 amide bonds. The van der Waals surface area contributed by atoms with E-state index < -0.39 is 0 Å². The molecule has 0 radical (unpaired) electrons. The molecule has 0 atom stereocenters. The maximum atomic E-state index is 12.2. The van der Waals surface area contributed by atoms with Crippen LogP contribution in [0.1, 0.15) is 56.7 Å². The van der Waals surface area contributed by atoms with E-state index in [1.54, 1.807) is 11.3 Å². The summed E-state index contributed by atoms with van der Waals surface area (Å²) < 4.78 is 0. The number of thiazole rings is 1. The molecule has 0 aliphatic carbocycles. The van der Waals surface area contributed by atoms with Gasteiger partial charge in [0.1, 0.15) is 0 Å². The van der Waals surface area contributed by atoms with Crippen molar-refractivity contribution in [2.45, 2.75) is 52.4 Å². The van der Waals surface area contributed by atoms with Crippen molar-refractivity contribution in [1.82, 2.24) is 15.2 Å². The fourth-order valence-corrected chi connectivity index (χ4v) is 3.79. The van der Waals surface area contributed by atoms with Gasteiger partial charge in [-0.1, -0.05) is 20.8 Å². The van der Waals surface area contributed by atoms with Crippen LogP contribution in [-0.4, -0.2) is 47.3 Å². The molecule has 1 aromatic heterocycles. The molecule has 2 heterocycles. The van der Waals surface area contributed by atoms with Gasteiger partial charge in [-0.3, -0.25) is 0 Å². The first-order chi connectivity index (χ1) is 11.0. The normalized spacial score (nSPS) is 17.5.